The number of nitrogens with one attached hydrogen (secondary N) is 7. The van der Waals surface area contributed by atoms with Crippen molar-refractivity contribution in [2.24, 2.45) is 10.8 Å². The number of hydrogen-bond acceptors (Lipinski definition) is 13. The predicted molar refractivity (Wildman–Crippen MR) is 349 cm³/mol. The first-order valence-electron chi connectivity index (χ1n) is 31.6. The average molecular weight is 1260 g/mol. The van der Waals surface area contributed by atoms with Crippen LogP contribution in [0.3, 0.4) is 0 Å². The van der Waals surface area contributed by atoms with Crippen LogP contribution in [-0.4, -0.2) is 142 Å². The van der Waals surface area contributed by atoms with E-state index in [1.54, 1.807) is 85.8 Å². The molecule has 91 heavy (non-hydrogen) atoms. The van der Waals surface area contributed by atoms with Gasteiger partial charge in [0.15, 0.2) is 5.13 Å². The highest BCUT2D eigenvalue weighted by Crippen LogP contribution is 2.36. The maximum absolute atomic E-state index is 15.0. The number of hydrogen-bond donors (Lipinski definition) is 7. The van der Waals surface area contributed by atoms with Crippen molar-refractivity contribution < 1.29 is 47.9 Å². The molecule has 4 aromatic carbocycles. The van der Waals surface area contributed by atoms with E-state index in [2.05, 4.69) is 49.4 Å². The molecule has 22 heteroatoms. The Morgan fingerprint density at radius 3 is 1.77 bits per heavy atom. The smallest absolute Gasteiger partial charge is 0.410 e. The lowest BCUT2D eigenvalue weighted by Gasteiger charge is -2.42. The van der Waals surface area contributed by atoms with Crippen LogP contribution in [0.25, 0.3) is 10.2 Å². The summed E-state index contributed by atoms with van der Waals surface area (Å²) in [6, 6.07) is 19.3. The number of likely N-dealkylation sites (tertiary alicyclic amines) is 1. The van der Waals surface area contributed by atoms with Gasteiger partial charge in [0.05, 0.1) is 28.3 Å². The third kappa shape index (κ3) is 15.6. The van der Waals surface area contributed by atoms with Crippen LogP contribution in [0.1, 0.15) is 174 Å². The molecular formula is C69H89N11O10S. The number of anilines is 1. The van der Waals surface area contributed by atoms with E-state index in [1.807, 2.05) is 63.2 Å². The zero-order valence-corrected chi connectivity index (χ0v) is 55.4. The fourth-order valence-electron chi connectivity index (χ4n) is 12.5. The molecule has 0 unspecified atom stereocenters. The molecule has 0 spiro atoms. The van der Waals surface area contributed by atoms with Crippen LogP contribution >= 0.6 is 11.3 Å². The zero-order chi connectivity index (χ0) is 66.0. The Morgan fingerprint density at radius 2 is 1.19 bits per heavy atom. The maximum atomic E-state index is 15.0. The van der Waals surface area contributed by atoms with Gasteiger partial charge >= 0.3 is 6.09 Å². The summed E-state index contributed by atoms with van der Waals surface area (Å²) in [4.78, 5) is 137. The van der Waals surface area contributed by atoms with Crippen LogP contribution in [0.5, 0.6) is 0 Å². The van der Waals surface area contributed by atoms with E-state index in [1.165, 1.54) is 40.7 Å². The van der Waals surface area contributed by atoms with Crippen LogP contribution in [0.15, 0.2) is 84.9 Å². The number of aryl methyl sites for hydroxylation is 2. The molecule has 2 aliphatic heterocycles. The molecule has 5 aromatic rings. The number of nitrogens with zero attached hydrogens (tertiary/aromatic N) is 4. The van der Waals surface area contributed by atoms with Gasteiger partial charge in [0.25, 0.3) is 11.8 Å². The van der Waals surface area contributed by atoms with E-state index in [0.717, 1.165) is 59.3 Å². The van der Waals surface area contributed by atoms with Gasteiger partial charge in [-0.25, -0.2) is 9.78 Å². The molecule has 0 saturated carbocycles. The molecule has 7 N–H and O–H groups in total. The largest absolute Gasteiger partial charge is 0.444 e. The predicted octanol–water partition coefficient (Wildman–Crippen LogP) is 7.81. The van der Waals surface area contributed by atoms with Gasteiger partial charge in [0.2, 0.25) is 35.4 Å². The Kier molecular flexibility index (Phi) is 20.1. The van der Waals surface area contributed by atoms with E-state index >= 15 is 4.79 Å². The minimum Gasteiger partial charge on any atom is -0.444 e. The summed E-state index contributed by atoms with van der Waals surface area (Å²) in [6.07, 6.45) is 4.54. The number of rotatable bonds is 16. The molecule has 1 fully saturated rings. The molecule has 9 atom stereocenters. The molecular weight excluding hydrogens is 1170 g/mol. The second kappa shape index (κ2) is 27.3. The molecule has 1 aromatic heterocycles. The van der Waals surface area contributed by atoms with Crippen molar-refractivity contribution >= 4 is 80.0 Å². The van der Waals surface area contributed by atoms with Gasteiger partial charge in [-0.05, 0) is 161 Å². The number of ether oxygens (including phenoxy) is 1. The number of fused-ring (bicyclic) bond motifs is 4. The molecule has 0 bridgehead atoms. The van der Waals surface area contributed by atoms with E-state index in [0.29, 0.717) is 22.2 Å². The number of amides is 9. The molecule has 0 radical (unpaired) electrons. The average Bonchev–Trinajstić information content (AvgIpc) is 1.53. The molecule has 3 heterocycles. The topological polar surface area (TPSA) is 270 Å². The summed E-state index contributed by atoms with van der Waals surface area (Å²) in [6.45, 7) is 19.4. The highest BCUT2D eigenvalue weighted by molar-refractivity contribution is 7.22. The van der Waals surface area contributed by atoms with Crippen LogP contribution in [0.4, 0.5) is 9.93 Å². The summed E-state index contributed by atoms with van der Waals surface area (Å²) in [5.41, 5.74) is 4.39. The van der Waals surface area contributed by atoms with Crippen molar-refractivity contribution in [3.8, 4) is 0 Å². The number of thiazole rings is 1. The monoisotopic (exact) mass is 1260 g/mol. The lowest BCUT2D eigenvalue weighted by molar-refractivity contribution is -0.147. The Morgan fingerprint density at radius 1 is 0.637 bits per heavy atom. The third-order valence-electron chi connectivity index (χ3n) is 17.9. The van der Waals surface area contributed by atoms with Gasteiger partial charge in [-0.2, -0.15) is 0 Å². The summed E-state index contributed by atoms with van der Waals surface area (Å²) >= 11 is 1.21. The first-order chi connectivity index (χ1) is 42.9. The minimum atomic E-state index is -1.15. The van der Waals surface area contributed by atoms with Crippen molar-refractivity contribution in [2.75, 3.05) is 26.0 Å². The van der Waals surface area contributed by atoms with Crippen LogP contribution in [0, 0.1) is 10.8 Å². The Hall–Kier alpha value is -8.24. The number of benzene rings is 4. The minimum absolute atomic E-state index is 0.00506. The number of likely N-dealkylation sites (N-methyl/N-ethyl adjacent to an activating group) is 2. The van der Waals surface area contributed by atoms with Gasteiger partial charge in [-0.3, -0.25) is 48.6 Å². The Balaban J connectivity index is 0.915. The fraction of sp³-hybridized carbons (Fsp3) is 0.507. The van der Waals surface area contributed by atoms with Gasteiger partial charge in [-0.15, -0.1) is 0 Å². The van der Waals surface area contributed by atoms with Gasteiger partial charge in [0.1, 0.15) is 35.8 Å². The van der Waals surface area contributed by atoms with Gasteiger partial charge < -0.3 is 46.4 Å². The van der Waals surface area contributed by atoms with Crippen LogP contribution < -0.4 is 37.2 Å². The Bertz CT molecular complexity index is 3620. The third-order valence-corrected chi connectivity index (χ3v) is 18.9. The van der Waals surface area contributed by atoms with Gasteiger partial charge in [0, 0.05) is 43.7 Å². The van der Waals surface area contributed by atoms with E-state index in [9.17, 15) is 38.4 Å². The lowest BCUT2D eigenvalue weighted by atomic mass is 9.83. The Labute approximate surface area is 537 Å². The number of carbonyl (C=O) groups is 9. The zero-order valence-electron chi connectivity index (χ0n) is 54.6. The number of aromatic nitrogens is 1. The maximum Gasteiger partial charge on any atom is 0.410 e. The summed E-state index contributed by atoms with van der Waals surface area (Å²) in [5, 5.41) is 21.5. The highest BCUT2D eigenvalue weighted by atomic mass is 32.1. The van der Waals surface area contributed by atoms with E-state index in [-0.39, 0.29) is 66.1 Å². The van der Waals surface area contributed by atoms with E-state index in [4.69, 9.17) is 9.72 Å². The second-order valence-corrected chi connectivity index (χ2v) is 29.0. The SMILES string of the molecule is CN[C@@H](C)C(=O)N[C@H](C(=O)N1Cc2cc(C(=O)Nc3nc4cc(C(=O)N[C@H]5C[C@@H](C(=O)N[C@@H]6CCCc7ccccc76)N(C(=O)[C@@H](NC(=O)[C@H](C)N(C)C(=O)OC(C)(C)C)C(C)(C)C)C5)ccc4s3)ccc2C[C@H]1C(=O)N[C@@H]1CCCc2ccccc21)C(C)(C)C. The molecule has 9 amide bonds. The first-order valence-corrected chi connectivity index (χ1v) is 32.5. The van der Waals surface area contributed by atoms with Crippen molar-refractivity contribution in [1.29, 1.82) is 0 Å². The standard InChI is InChI=1S/C69H89N11O10S/c1-38(70-12)57(81)75-55(67(3,4)5)63(87)79-36-45-32-43(29-28-42(45)34-52(79)61(85)72-49-26-18-22-40-20-14-16-24-47(40)49)60(84)77-65-74-51-33-44(30-31-54(51)91-65)59(83)71-46-35-53(62(86)73-50-27-19-23-41-21-15-17-25-48(41)50)80(37-46)64(88)56(68(6,7)8)76-58(82)39(2)78(13)66(89)90-69(9,10)11/h14-17,20-21,24-25,28-33,38-39,46,49-50,52-53,55-56,70H,18-19,22-23,26-27,34-37H2,1-13H3,(H,71,83)(H,72,85)(H,73,86)(H,75,81)(H,76,82)(H,74,77,84)/t38-,39-,46-,49+,50+,52-,53-,55+,56+/m0/s1. The molecule has 2 aliphatic carbocycles. The molecule has 486 valence electrons. The van der Waals surface area contributed by atoms with Crippen LogP contribution in [0.2, 0.25) is 0 Å². The second-order valence-electron chi connectivity index (χ2n) is 27.9. The van der Waals surface area contributed by atoms with Crippen LogP contribution in [-0.2, 0) is 59.3 Å². The molecule has 4 aliphatic rings. The van der Waals surface area contributed by atoms with Crippen molar-refractivity contribution in [2.45, 2.75) is 194 Å². The molecule has 1 saturated heterocycles. The van der Waals surface area contributed by atoms with Crippen molar-refractivity contribution in [3.63, 3.8) is 0 Å². The number of carbonyl (C=O) groups excluding carboxylic acids is 9. The normalized spacial score (nSPS) is 20.3. The summed E-state index contributed by atoms with van der Waals surface area (Å²) in [7, 11) is 3.11. The van der Waals surface area contributed by atoms with Gasteiger partial charge in [-0.1, -0.05) is 107 Å². The summed E-state index contributed by atoms with van der Waals surface area (Å²) in [5.74, 6) is -3.56. The van der Waals surface area contributed by atoms with Crippen molar-refractivity contribution in [1.82, 2.24) is 51.6 Å². The van der Waals surface area contributed by atoms with Crippen molar-refractivity contribution in [3.05, 3.63) is 129 Å². The van der Waals surface area contributed by atoms with E-state index < -0.39 is 100 Å². The lowest BCUT2D eigenvalue weighted by Crippen LogP contribution is -2.62. The highest BCUT2D eigenvalue weighted by Gasteiger charge is 2.47. The first kappa shape index (κ1) is 67.2. The quantitative estimate of drug-likeness (QED) is 0.0499. The molecule has 21 nitrogen and oxygen atoms in total. The summed E-state index contributed by atoms with van der Waals surface area (Å²) < 4.78 is 6.18. The molecule has 9 rings (SSSR count). The fourth-order valence-corrected chi connectivity index (χ4v) is 13.3.